The lowest BCUT2D eigenvalue weighted by atomic mass is 10.0. The molecule has 1 fully saturated rings. The Morgan fingerprint density at radius 3 is 2.70 bits per heavy atom. The summed E-state index contributed by atoms with van der Waals surface area (Å²) in [6.07, 6.45) is 3.58. The van der Waals surface area contributed by atoms with Crippen molar-refractivity contribution in [2.24, 2.45) is 0 Å². The molecule has 1 aromatic carbocycles. The topological polar surface area (TPSA) is 76.7 Å². The Morgan fingerprint density at radius 1 is 1.40 bits per heavy atom. The number of anilines is 1. The lowest BCUT2D eigenvalue weighted by Gasteiger charge is -2.29. The highest BCUT2D eigenvalue weighted by Gasteiger charge is 2.24. The van der Waals surface area contributed by atoms with Gasteiger partial charge >= 0.3 is 0 Å². The van der Waals surface area contributed by atoms with Crippen molar-refractivity contribution in [2.45, 2.75) is 32.2 Å². The molecule has 1 heterocycles. The van der Waals surface area contributed by atoms with Crippen LogP contribution in [0.4, 0.5) is 11.4 Å². The van der Waals surface area contributed by atoms with Crippen molar-refractivity contribution in [1.29, 1.82) is 0 Å². The van der Waals surface area contributed by atoms with E-state index >= 15 is 0 Å². The van der Waals surface area contributed by atoms with Crippen molar-refractivity contribution in [2.75, 3.05) is 18.4 Å². The quantitative estimate of drug-likeness (QED) is 0.637. The maximum Gasteiger partial charge on any atom is 0.279 e. The lowest BCUT2D eigenvalue weighted by Crippen LogP contribution is -3.17. The molecule has 2 N–H and O–H groups in total. The van der Waals surface area contributed by atoms with Crippen LogP contribution in [0.25, 0.3) is 0 Å². The van der Waals surface area contributed by atoms with Crippen LogP contribution in [-0.2, 0) is 4.79 Å². The fraction of sp³-hybridized carbons (Fsp3) is 0.500. The number of nitrogens with one attached hydrogen (secondary N) is 2. The maximum atomic E-state index is 12.0. The monoisotopic (exact) mass is 278 g/mol. The highest BCUT2D eigenvalue weighted by molar-refractivity contribution is 5.91. The van der Waals surface area contributed by atoms with Gasteiger partial charge in [-0.2, -0.15) is 0 Å². The molecule has 1 amide bonds. The first-order chi connectivity index (χ1) is 9.56. The number of piperidine rings is 1. The number of non-ortho nitro benzene ring substituents is 1. The van der Waals surface area contributed by atoms with Crippen molar-refractivity contribution in [3.05, 3.63) is 34.4 Å². The molecule has 1 aromatic rings. The number of hydrogen-bond acceptors (Lipinski definition) is 3. The Balaban J connectivity index is 1.89. The van der Waals surface area contributed by atoms with Gasteiger partial charge < -0.3 is 10.2 Å². The molecule has 0 radical (unpaired) electrons. The SMILES string of the molecule is C[C@H]1CCCC[NH+]1CC(=O)Nc1ccc([N+](=O)[O-])cc1. The number of carbonyl (C=O) groups is 1. The number of amides is 1. The van der Waals surface area contributed by atoms with Gasteiger partial charge in [0.2, 0.25) is 0 Å². The van der Waals surface area contributed by atoms with E-state index in [0.29, 0.717) is 18.3 Å². The van der Waals surface area contributed by atoms with E-state index in [4.69, 9.17) is 0 Å². The van der Waals surface area contributed by atoms with Crippen LogP contribution in [0.1, 0.15) is 26.2 Å². The average molecular weight is 278 g/mol. The molecule has 6 heteroatoms. The Kier molecular flexibility index (Phi) is 4.68. The molecular weight excluding hydrogens is 258 g/mol. The van der Waals surface area contributed by atoms with Crippen molar-refractivity contribution in [3.8, 4) is 0 Å². The molecule has 0 spiro atoms. The van der Waals surface area contributed by atoms with Crippen LogP contribution in [0.5, 0.6) is 0 Å². The summed E-state index contributed by atoms with van der Waals surface area (Å²) < 4.78 is 0. The number of rotatable bonds is 4. The molecular formula is C14H20N3O3+. The third-order valence-corrected chi connectivity index (χ3v) is 3.83. The van der Waals surface area contributed by atoms with E-state index in [2.05, 4.69) is 12.2 Å². The third kappa shape index (κ3) is 3.77. The lowest BCUT2D eigenvalue weighted by molar-refractivity contribution is -0.920. The van der Waals surface area contributed by atoms with Crippen LogP contribution in [0, 0.1) is 10.1 Å². The summed E-state index contributed by atoms with van der Waals surface area (Å²) in [4.78, 5) is 23.4. The minimum atomic E-state index is -0.453. The van der Waals surface area contributed by atoms with Gasteiger partial charge in [0.05, 0.1) is 17.5 Å². The largest absolute Gasteiger partial charge is 0.325 e. The van der Waals surface area contributed by atoms with Crippen molar-refractivity contribution in [3.63, 3.8) is 0 Å². The van der Waals surface area contributed by atoms with Crippen LogP contribution in [0.15, 0.2) is 24.3 Å². The van der Waals surface area contributed by atoms with Crippen molar-refractivity contribution < 1.29 is 14.6 Å². The number of nitro groups is 1. The fourth-order valence-corrected chi connectivity index (χ4v) is 2.59. The number of quaternary nitrogens is 1. The number of carbonyl (C=O) groups excluding carboxylic acids is 1. The Morgan fingerprint density at radius 2 is 2.10 bits per heavy atom. The predicted octanol–water partition coefficient (Wildman–Crippen LogP) is 0.991. The van der Waals surface area contributed by atoms with Gasteiger partial charge in [-0.3, -0.25) is 14.9 Å². The molecule has 0 aliphatic carbocycles. The maximum absolute atomic E-state index is 12.0. The molecule has 2 rings (SSSR count). The van der Waals surface area contributed by atoms with Gasteiger partial charge in [-0.1, -0.05) is 0 Å². The minimum absolute atomic E-state index is 0.0262. The zero-order valence-electron chi connectivity index (χ0n) is 11.6. The minimum Gasteiger partial charge on any atom is -0.325 e. The summed E-state index contributed by atoms with van der Waals surface area (Å²) >= 11 is 0. The van der Waals surface area contributed by atoms with Crippen molar-refractivity contribution in [1.82, 2.24) is 0 Å². The summed E-state index contributed by atoms with van der Waals surface area (Å²) in [7, 11) is 0. The molecule has 1 aliphatic heterocycles. The van der Waals surface area contributed by atoms with Gasteiger partial charge in [0.1, 0.15) is 0 Å². The first-order valence-corrected chi connectivity index (χ1v) is 6.95. The highest BCUT2D eigenvalue weighted by Crippen LogP contribution is 2.15. The van der Waals surface area contributed by atoms with E-state index < -0.39 is 4.92 Å². The van der Waals surface area contributed by atoms with Crippen LogP contribution in [-0.4, -0.2) is 30.0 Å². The zero-order chi connectivity index (χ0) is 14.5. The van der Waals surface area contributed by atoms with Gasteiger partial charge in [-0.25, -0.2) is 0 Å². The molecule has 20 heavy (non-hydrogen) atoms. The first-order valence-electron chi connectivity index (χ1n) is 6.95. The van der Waals surface area contributed by atoms with Gasteiger partial charge in [0.25, 0.3) is 11.6 Å². The molecule has 6 nitrogen and oxygen atoms in total. The summed E-state index contributed by atoms with van der Waals surface area (Å²) in [5, 5.41) is 13.3. The van der Waals surface area contributed by atoms with Crippen LogP contribution in [0.2, 0.25) is 0 Å². The average Bonchev–Trinajstić information content (AvgIpc) is 2.42. The Hall–Kier alpha value is -1.95. The van der Waals surface area contributed by atoms with E-state index in [9.17, 15) is 14.9 Å². The van der Waals surface area contributed by atoms with Crippen LogP contribution < -0.4 is 10.2 Å². The molecule has 1 unspecified atom stereocenters. The second-order valence-electron chi connectivity index (χ2n) is 5.33. The number of likely N-dealkylation sites (tertiary alicyclic amines) is 1. The van der Waals surface area contributed by atoms with E-state index in [0.717, 1.165) is 6.54 Å². The smallest absolute Gasteiger partial charge is 0.279 e. The Bertz CT molecular complexity index is 487. The second-order valence-corrected chi connectivity index (χ2v) is 5.33. The Labute approximate surface area is 117 Å². The number of benzene rings is 1. The zero-order valence-corrected chi connectivity index (χ0v) is 11.6. The van der Waals surface area contributed by atoms with Gasteiger partial charge in [-0.15, -0.1) is 0 Å². The molecule has 1 saturated heterocycles. The summed E-state index contributed by atoms with van der Waals surface area (Å²) in [5.41, 5.74) is 0.628. The van der Waals surface area contributed by atoms with E-state index in [1.54, 1.807) is 12.1 Å². The van der Waals surface area contributed by atoms with E-state index in [1.165, 1.54) is 36.3 Å². The third-order valence-electron chi connectivity index (χ3n) is 3.83. The van der Waals surface area contributed by atoms with Gasteiger partial charge in [-0.05, 0) is 38.3 Å². The summed E-state index contributed by atoms with van der Waals surface area (Å²) in [5.74, 6) is -0.0393. The normalized spacial score (nSPS) is 22.2. The molecule has 1 aliphatic rings. The standard InChI is InChI=1S/C14H19N3O3/c1-11-4-2-3-9-16(11)10-14(18)15-12-5-7-13(8-6-12)17(19)20/h5-8,11H,2-4,9-10H2,1H3,(H,15,18)/p+1/t11-/m0/s1. The van der Waals surface area contributed by atoms with Crippen LogP contribution >= 0.6 is 0 Å². The molecule has 0 saturated carbocycles. The van der Waals surface area contributed by atoms with Gasteiger partial charge in [0.15, 0.2) is 6.54 Å². The molecule has 2 atom stereocenters. The summed E-state index contributed by atoms with van der Waals surface area (Å²) in [6.45, 7) is 3.67. The van der Waals surface area contributed by atoms with Crippen molar-refractivity contribution >= 4 is 17.3 Å². The molecule has 0 aromatic heterocycles. The number of nitrogens with zero attached hydrogens (tertiary/aromatic N) is 1. The number of hydrogen-bond donors (Lipinski definition) is 2. The van der Waals surface area contributed by atoms with E-state index in [1.807, 2.05) is 0 Å². The molecule has 108 valence electrons. The number of nitro benzene ring substituents is 1. The highest BCUT2D eigenvalue weighted by atomic mass is 16.6. The molecule has 0 bridgehead atoms. The second kappa shape index (κ2) is 6.47. The first kappa shape index (κ1) is 14.5. The predicted molar refractivity (Wildman–Crippen MR) is 75.7 cm³/mol. The summed E-state index contributed by atoms with van der Waals surface area (Å²) in [6, 6.07) is 6.43. The van der Waals surface area contributed by atoms with Gasteiger partial charge in [0, 0.05) is 17.8 Å². The van der Waals surface area contributed by atoms with Crippen LogP contribution in [0.3, 0.4) is 0 Å². The van der Waals surface area contributed by atoms with E-state index in [-0.39, 0.29) is 11.6 Å². The fourth-order valence-electron chi connectivity index (χ4n) is 2.59.